The Morgan fingerprint density at radius 3 is 2.56 bits per heavy atom. The third kappa shape index (κ3) is 2.38. The maximum Gasteiger partial charge on any atom is -0.00679 e. The van der Waals surface area contributed by atoms with Gasteiger partial charge in [0.15, 0.2) is 0 Å². The van der Waals surface area contributed by atoms with E-state index in [-0.39, 0.29) is 7.92 Å². The lowest BCUT2D eigenvalue weighted by Crippen LogP contribution is -2.12. The summed E-state index contributed by atoms with van der Waals surface area (Å²) in [6.45, 7) is 9.51. The molecule has 1 aliphatic carbocycles. The van der Waals surface area contributed by atoms with Gasteiger partial charge in [-0.1, -0.05) is 59.0 Å². The zero-order valence-electron chi connectivity index (χ0n) is 10.7. The van der Waals surface area contributed by atoms with Gasteiger partial charge in [-0.25, -0.2) is 0 Å². The minimum Gasteiger partial charge on any atom is -0.0999 e. The first-order chi connectivity index (χ1) is 7.48. The molecule has 1 aliphatic rings. The van der Waals surface area contributed by atoms with Crippen LogP contribution in [0.2, 0.25) is 0 Å². The van der Waals surface area contributed by atoms with Crippen LogP contribution in [0.15, 0.2) is 30.3 Å². The molecule has 0 N–H and O–H groups in total. The van der Waals surface area contributed by atoms with Crippen molar-refractivity contribution >= 4 is 13.5 Å². The fourth-order valence-electron chi connectivity index (χ4n) is 2.00. The zero-order chi connectivity index (χ0) is 11.8. The molecule has 0 fully saturated rings. The van der Waals surface area contributed by atoms with Gasteiger partial charge in [-0.3, -0.25) is 0 Å². The molecule has 0 nitrogen and oxygen atoms in total. The molecule has 0 saturated heterocycles. The number of rotatable bonds is 2. The number of fused-ring (bicyclic) bond motifs is 1. The minimum atomic E-state index is 0.0746. The van der Waals surface area contributed by atoms with Crippen LogP contribution >= 0.6 is 7.92 Å². The van der Waals surface area contributed by atoms with Gasteiger partial charge in [0.2, 0.25) is 0 Å². The van der Waals surface area contributed by atoms with Crippen LogP contribution < -0.4 is 0 Å². The van der Waals surface area contributed by atoms with Crippen LogP contribution in [0.1, 0.15) is 31.9 Å². The van der Waals surface area contributed by atoms with Crippen molar-refractivity contribution in [3.05, 3.63) is 41.5 Å². The first kappa shape index (κ1) is 11.9. The molecule has 0 radical (unpaired) electrons. The molecule has 16 heavy (non-hydrogen) atoms. The van der Waals surface area contributed by atoms with Crippen LogP contribution in [-0.2, 0) is 6.42 Å². The van der Waals surface area contributed by atoms with E-state index in [0.717, 1.165) is 6.42 Å². The molecule has 2 rings (SSSR count). The molecular formula is C15H21P. The molecule has 1 unspecified atom stereocenters. The summed E-state index contributed by atoms with van der Waals surface area (Å²) in [5.41, 5.74) is 4.59. The van der Waals surface area contributed by atoms with Gasteiger partial charge in [0.1, 0.15) is 0 Å². The van der Waals surface area contributed by atoms with Gasteiger partial charge in [0, 0.05) is 0 Å². The summed E-state index contributed by atoms with van der Waals surface area (Å²) in [6, 6.07) is 8.84. The zero-order valence-corrected chi connectivity index (χ0v) is 11.6. The monoisotopic (exact) mass is 232 g/mol. The predicted octanol–water partition coefficient (Wildman–Crippen LogP) is 4.54. The predicted molar refractivity (Wildman–Crippen MR) is 75.6 cm³/mol. The molecule has 0 amide bonds. The standard InChI is InChI=1S/C15H21P/c1-15(2,3)16(4)11-13-10-9-12-7-5-6-8-14(12)13/h5-8,10H,9,11H2,1-4H3. The maximum atomic E-state index is 2.43. The molecule has 0 aliphatic heterocycles. The Hall–Kier alpha value is -0.610. The van der Waals surface area contributed by atoms with Crippen molar-refractivity contribution in [2.45, 2.75) is 32.3 Å². The van der Waals surface area contributed by atoms with E-state index in [1.807, 2.05) is 0 Å². The van der Waals surface area contributed by atoms with Crippen molar-refractivity contribution in [1.29, 1.82) is 0 Å². The minimum absolute atomic E-state index is 0.0746. The van der Waals surface area contributed by atoms with Crippen molar-refractivity contribution in [2.75, 3.05) is 12.8 Å². The molecule has 0 aromatic heterocycles. The quantitative estimate of drug-likeness (QED) is 0.657. The average Bonchev–Trinajstić information content (AvgIpc) is 2.61. The number of hydrogen-bond acceptors (Lipinski definition) is 0. The van der Waals surface area contributed by atoms with Crippen LogP contribution in [0.3, 0.4) is 0 Å². The van der Waals surface area contributed by atoms with E-state index < -0.39 is 0 Å². The van der Waals surface area contributed by atoms with Crippen LogP contribution in [0.4, 0.5) is 0 Å². The summed E-state index contributed by atoms with van der Waals surface area (Å²) in [5, 5.41) is 0.466. The second kappa shape index (κ2) is 4.34. The van der Waals surface area contributed by atoms with E-state index >= 15 is 0 Å². The summed E-state index contributed by atoms with van der Waals surface area (Å²) < 4.78 is 0. The van der Waals surface area contributed by atoms with Gasteiger partial charge >= 0.3 is 0 Å². The van der Waals surface area contributed by atoms with Crippen LogP contribution in [0.5, 0.6) is 0 Å². The van der Waals surface area contributed by atoms with Crippen molar-refractivity contribution in [1.82, 2.24) is 0 Å². The van der Waals surface area contributed by atoms with Crippen molar-refractivity contribution in [3.8, 4) is 0 Å². The highest BCUT2D eigenvalue weighted by molar-refractivity contribution is 7.59. The van der Waals surface area contributed by atoms with E-state index in [1.165, 1.54) is 17.3 Å². The van der Waals surface area contributed by atoms with E-state index in [2.05, 4.69) is 57.8 Å². The van der Waals surface area contributed by atoms with E-state index in [0.29, 0.717) is 5.16 Å². The van der Waals surface area contributed by atoms with Gasteiger partial charge in [-0.05, 0) is 41.1 Å². The normalized spacial score (nSPS) is 16.9. The Labute approximate surface area is 101 Å². The van der Waals surface area contributed by atoms with Gasteiger partial charge in [-0.15, -0.1) is 0 Å². The van der Waals surface area contributed by atoms with Crippen molar-refractivity contribution in [2.24, 2.45) is 0 Å². The van der Waals surface area contributed by atoms with Crippen molar-refractivity contribution < 1.29 is 0 Å². The van der Waals surface area contributed by atoms with E-state index in [9.17, 15) is 0 Å². The average molecular weight is 232 g/mol. The number of benzene rings is 1. The SMILES string of the molecule is CP(CC1=CCc2ccccc21)C(C)(C)C. The van der Waals surface area contributed by atoms with E-state index in [1.54, 1.807) is 5.57 Å². The second-order valence-corrected chi connectivity index (χ2v) is 8.67. The molecular weight excluding hydrogens is 211 g/mol. The highest BCUT2D eigenvalue weighted by Gasteiger charge is 2.23. The van der Waals surface area contributed by atoms with E-state index in [4.69, 9.17) is 0 Å². The summed E-state index contributed by atoms with van der Waals surface area (Å²) >= 11 is 0. The number of allylic oxidation sites excluding steroid dienone is 2. The molecule has 0 bridgehead atoms. The molecule has 1 heteroatoms. The summed E-state index contributed by atoms with van der Waals surface area (Å²) in [4.78, 5) is 0. The smallest absolute Gasteiger partial charge is 0.00679 e. The fourth-order valence-corrected chi connectivity index (χ4v) is 3.28. The van der Waals surface area contributed by atoms with Gasteiger partial charge < -0.3 is 0 Å². The molecule has 0 saturated carbocycles. The Balaban J connectivity index is 2.15. The Morgan fingerprint density at radius 1 is 1.19 bits per heavy atom. The molecule has 86 valence electrons. The van der Waals surface area contributed by atoms with Gasteiger partial charge in [0.25, 0.3) is 0 Å². The summed E-state index contributed by atoms with van der Waals surface area (Å²) in [5.74, 6) is 0. The molecule has 1 aromatic rings. The fraction of sp³-hybridized carbons (Fsp3) is 0.467. The maximum absolute atomic E-state index is 2.43. The van der Waals surface area contributed by atoms with Crippen LogP contribution in [0, 0.1) is 0 Å². The third-order valence-electron chi connectivity index (χ3n) is 3.48. The molecule has 1 atom stereocenters. The summed E-state index contributed by atoms with van der Waals surface area (Å²) in [7, 11) is 0.0746. The first-order valence-electron chi connectivity index (χ1n) is 5.97. The topological polar surface area (TPSA) is 0 Å². The number of hydrogen-bond donors (Lipinski definition) is 0. The van der Waals surface area contributed by atoms with Crippen LogP contribution in [0.25, 0.3) is 5.57 Å². The molecule has 0 spiro atoms. The largest absolute Gasteiger partial charge is 0.0999 e. The lowest BCUT2D eigenvalue weighted by atomic mass is 10.1. The first-order valence-corrected chi connectivity index (χ1v) is 7.94. The molecule has 0 heterocycles. The Bertz CT molecular complexity index is 410. The van der Waals surface area contributed by atoms with Gasteiger partial charge in [0.05, 0.1) is 0 Å². The molecule has 1 aromatic carbocycles. The second-order valence-electron chi connectivity index (χ2n) is 5.62. The van der Waals surface area contributed by atoms with Crippen molar-refractivity contribution in [3.63, 3.8) is 0 Å². The highest BCUT2D eigenvalue weighted by atomic mass is 31.1. The highest BCUT2D eigenvalue weighted by Crippen LogP contribution is 2.49. The lowest BCUT2D eigenvalue weighted by molar-refractivity contribution is 0.786. The Morgan fingerprint density at radius 2 is 1.88 bits per heavy atom. The van der Waals surface area contributed by atoms with Gasteiger partial charge in [-0.2, -0.15) is 0 Å². The Kier molecular flexibility index (Phi) is 3.22. The third-order valence-corrected chi connectivity index (χ3v) is 6.59. The lowest BCUT2D eigenvalue weighted by Gasteiger charge is -2.28. The van der Waals surface area contributed by atoms with Crippen LogP contribution in [-0.4, -0.2) is 18.0 Å². The summed E-state index contributed by atoms with van der Waals surface area (Å²) in [6.07, 6.45) is 4.84.